The summed E-state index contributed by atoms with van der Waals surface area (Å²) in [5, 5.41) is 2.87. The van der Waals surface area contributed by atoms with Gasteiger partial charge in [-0.3, -0.25) is 4.79 Å². The molecule has 0 radical (unpaired) electrons. The molecule has 1 atom stereocenters. The molecule has 122 valence electrons. The van der Waals surface area contributed by atoms with E-state index in [0.717, 1.165) is 27.0 Å². The minimum absolute atomic E-state index is 0.163. The predicted molar refractivity (Wildman–Crippen MR) is 98.1 cm³/mol. The molecule has 0 aliphatic carbocycles. The molecule has 0 saturated carbocycles. The van der Waals surface area contributed by atoms with Gasteiger partial charge >= 0.3 is 0 Å². The molecule has 2 rings (SSSR count). The van der Waals surface area contributed by atoms with Crippen LogP contribution in [0.5, 0.6) is 5.75 Å². The van der Waals surface area contributed by atoms with Crippen molar-refractivity contribution in [2.45, 2.75) is 39.7 Å². The van der Waals surface area contributed by atoms with Crippen molar-refractivity contribution in [2.75, 3.05) is 5.32 Å². The van der Waals surface area contributed by atoms with Crippen molar-refractivity contribution >= 4 is 27.5 Å². The molecule has 2 aromatic rings. The van der Waals surface area contributed by atoms with Crippen molar-refractivity contribution in [3.63, 3.8) is 0 Å². The maximum Gasteiger partial charge on any atom is 0.265 e. The van der Waals surface area contributed by atoms with Crippen LogP contribution in [0.25, 0.3) is 0 Å². The number of aryl methyl sites for hydroxylation is 1. The number of rotatable bonds is 5. The number of nitrogens with one attached hydrogen (secondary N) is 1. The van der Waals surface area contributed by atoms with Gasteiger partial charge in [0.2, 0.25) is 0 Å². The molecule has 4 heteroatoms. The summed E-state index contributed by atoms with van der Waals surface area (Å²) < 4.78 is 6.90. The first kappa shape index (κ1) is 17.5. The molecule has 1 N–H and O–H groups in total. The summed E-state index contributed by atoms with van der Waals surface area (Å²) in [5.41, 5.74) is 2.98. The van der Waals surface area contributed by atoms with Crippen LogP contribution in [0, 0.1) is 6.92 Å². The third kappa shape index (κ3) is 4.83. The molecule has 23 heavy (non-hydrogen) atoms. The maximum atomic E-state index is 12.3. The Kier molecular flexibility index (Phi) is 5.83. The van der Waals surface area contributed by atoms with Gasteiger partial charge in [0.05, 0.1) is 0 Å². The molecular weight excluding hydrogens is 354 g/mol. The van der Waals surface area contributed by atoms with Crippen molar-refractivity contribution in [3.05, 3.63) is 58.1 Å². The number of carbonyl (C=O) groups is 1. The lowest BCUT2D eigenvalue weighted by Gasteiger charge is -2.19. The second kappa shape index (κ2) is 7.64. The highest BCUT2D eigenvalue weighted by Gasteiger charge is 2.17. The molecule has 0 aliphatic rings. The van der Waals surface area contributed by atoms with E-state index in [1.54, 1.807) is 6.92 Å². The fraction of sp³-hybridized carbons (Fsp3) is 0.316. The van der Waals surface area contributed by atoms with Gasteiger partial charge < -0.3 is 10.1 Å². The number of benzene rings is 2. The highest BCUT2D eigenvalue weighted by atomic mass is 79.9. The van der Waals surface area contributed by atoms with E-state index in [0.29, 0.717) is 5.92 Å². The van der Waals surface area contributed by atoms with Crippen LogP contribution in [0.2, 0.25) is 0 Å². The van der Waals surface area contributed by atoms with E-state index < -0.39 is 6.10 Å². The minimum atomic E-state index is -0.571. The fourth-order valence-electron chi connectivity index (χ4n) is 2.24. The third-order valence-electron chi connectivity index (χ3n) is 3.58. The van der Waals surface area contributed by atoms with Gasteiger partial charge in [0.1, 0.15) is 5.75 Å². The Hall–Kier alpha value is -1.81. The van der Waals surface area contributed by atoms with E-state index in [1.165, 1.54) is 0 Å². The largest absolute Gasteiger partial charge is 0.481 e. The first-order chi connectivity index (χ1) is 10.9. The zero-order valence-electron chi connectivity index (χ0n) is 13.9. The van der Waals surface area contributed by atoms with Crippen LogP contribution in [0.4, 0.5) is 5.69 Å². The first-order valence-electron chi connectivity index (χ1n) is 7.70. The van der Waals surface area contributed by atoms with E-state index in [1.807, 2.05) is 37.3 Å². The van der Waals surface area contributed by atoms with Gasteiger partial charge in [0.15, 0.2) is 6.10 Å². The smallest absolute Gasteiger partial charge is 0.265 e. The van der Waals surface area contributed by atoms with Gasteiger partial charge in [-0.05, 0) is 61.2 Å². The third-order valence-corrected chi connectivity index (χ3v) is 4.10. The topological polar surface area (TPSA) is 38.3 Å². The standard InChI is InChI=1S/C19H22BrNO2/c1-12(2)17-10-5-13(3)11-18(17)23-14(4)19(22)21-16-8-6-15(20)7-9-16/h5-12,14H,1-4H3,(H,21,22)/t14-/m0/s1. The second-order valence-corrected chi connectivity index (χ2v) is 6.87. The Morgan fingerprint density at radius 1 is 1.09 bits per heavy atom. The van der Waals surface area contributed by atoms with Crippen molar-refractivity contribution in [1.82, 2.24) is 0 Å². The van der Waals surface area contributed by atoms with Crippen molar-refractivity contribution in [3.8, 4) is 5.75 Å². The van der Waals surface area contributed by atoms with Gasteiger partial charge in [-0.2, -0.15) is 0 Å². The highest BCUT2D eigenvalue weighted by molar-refractivity contribution is 9.10. The average Bonchev–Trinajstić information content (AvgIpc) is 2.49. The normalized spacial score (nSPS) is 12.1. The predicted octanol–water partition coefficient (Wildman–Crippen LogP) is 5.29. The van der Waals surface area contributed by atoms with Crippen molar-refractivity contribution < 1.29 is 9.53 Å². The molecular formula is C19H22BrNO2. The number of ether oxygens (including phenoxy) is 1. The SMILES string of the molecule is Cc1ccc(C(C)C)c(O[C@@H](C)C(=O)Nc2ccc(Br)cc2)c1. The van der Waals surface area contributed by atoms with Crippen LogP contribution >= 0.6 is 15.9 Å². The van der Waals surface area contributed by atoms with Crippen LogP contribution in [-0.2, 0) is 4.79 Å². The second-order valence-electron chi connectivity index (χ2n) is 5.95. The molecule has 0 unspecified atom stereocenters. The highest BCUT2D eigenvalue weighted by Crippen LogP contribution is 2.28. The Balaban J connectivity index is 2.09. The van der Waals surface area contributed by atoms with E-state index in [-0.39, 0.29) is 5.91 Å². The van der Waals surface area contributed by atoms with Gasteiger partial charge in [-0.1, -0.05) is 41.9 Å². The number of halogens is 1. The first-order valence-corrected chi connectivity index (χ1v) is 8.49. The van der Waals surface area contributed by atoms with E-state index in [2.05, 4.69) is 47.2 Å². The Labute approximate surface area is 146 Å². The number of carbonyl (C=O) groups excluding carboxylic acids is 1. The number of anilines is 1. The van der Waals surface area contributed by atoms with Gasteiger partial charge in [0.25, 0.3) is 5.91 Å². The summed E-state index contributed by atoms with van der Waals surface area (Å²) in [5.74, 6) is 0.953. The molecule has 0 saturated heterocycles. The molecule has 0 bridgehead atoms. The summed E-state index contributed by atoms with van der Waals surface area (Å²) in [7, 11) is 0. The summed E-state index contributed by atoms with van der Waals surface area (Å²) in [6.45, 7) is 8.01. The lowest BCUT2D eigenvalue weighted by atomic mass is 10.0. The maximum absolute atomic E-state index is 12.3. The van der Waals surface area contributed by atoms with E-state index >= 15 is 0 Å². The zero-order valence-corrected chi connectivity index (χ0v) is 15.5. The number of hydrogen-bond acceptors (Lipinski definition) is 2. The molecule has 0 aliphatic heterocycles. The molecule has 2 aromatic carbocycles. The summed E-state index contributed by atoms with van der Waals surface area (Å²) in [4.78, 5) is 12.3. The lowest BCUT2D eigenvalue weighted by Crippen LogP contribution is -2.30. The fourth-order valence-corrected chi connectivity index (χ4v) is 2.51. The number of hydrogen-bond donors (Lipinski definition) is 1. The summed E-state index contributed by atoms with van der Waals surface area (Å²) in [6.07, 6.45) is -0.571. The Morgan fingerprint density at radius 3 is 2.35 bits per heavy atom. The molecule has 0 aromatic heterocycles. The average molecular weight is 376 g/mol. The van der Waals surface area contributed by atoms with Gasteiger partial charge in [0, 0.05) is 10.2 Å². The van der Waals surface area contributed by atoms with E-state index in [9.17, 15) is 4.79 Å². The minimum Gasteiger partial charge on any atom is -0.481 e. The van der Waals surface area contributed by atoms with Gasteiger partial charge in [-0.15, -0.1) is 0 Å². The van der Waals surface area contributed by atoms with E-state index in [4.69, 9.17) is 4.74 Å². The summed E-state index contributed by atoms with van der Waals surface area (Å²) in [6, 6.07) is 13.6. The Morgan fingerprint density at radius 2 is 1.74 bits per heavy atom. The van der Waals surface area contributed by atoms with Crippen LogP contribution < -0.4 is 10.1 Å². The molecule has 3 nitrogen and oxygen atoms in total. The Bertz CT molecular complexity index is 680. The number of amides is 1. The quantitative estimate of drug-likeness (QED) is 0.770. The van der Waals surface area contributed by atoms with Crippen LogP contribution in [-0.4, -0.2) is 12.0 Å². The van der Waals surface area contributed by atoms with Crippen LogP contribution in [0.3, 0.4) is 0 Å². The molecule has 0 spiro atoms. The van der Waals surface area contributed by atoms with Crippen LogP contribution in [0.15, 0.2) is 46.9 Å². The molecule has 1 amide bonds. The van der Waals surface area contributed by atoms with Crippen molar-refractivity contribution in [1.29, 1.82) is 0 Å². The van der Waals surface area contributed by atoms with Crippen LogP contribution in [0.1, 0.15) is 37.8 Å². The monoisotopic (exact) mass is 375 g/mol. The van der Waals surface area contributed by atoms with Gasteiger partial charge in [-0.25, -0.2) is 0 Å². The lowest BCUT2D eigenvalue weighted by molar-refractivity contribution is -0.122. The molecule has 0 heterocycles. The van der Waals surface area contributed by atoms with Crippen molar-refractivity contribution in [2.24, 2.45) is 0 Å². The molecule has 0 fully saturated rings. The summed E-state index contributed by atoms with van der Waals surface area (Å²) >= 11 is 3.38. The zero-order chi connectivity index (χ0) is 17.0.